The third-order valence-corrected chi connectivity index (χ3v) is 4.12. The molecule has 0 heterocycles. The molecule has 2 atom stereocenters. The van der Waals surface area contributed by atoms with Gasteiger partial charge in [0.1, 0.15) is 0 Å². The second-order valence-corrected chi connectivity index (χ2v) is 5.40. The average molecular weight is 242 g/mol. The highest BCUT2D eigenvalue weighted by Crippen LogP contribution is 2.26. The SMILES string of the molecule is CCC(CC)N(CCOC)CC1CCC(N)C1. The molecule has 1 aliphatic carbocycles. The fraction of sp³-hybridized carbons (Fsp3) is 1.00. The molecule has 2 unspecified atom stereocenters. The van der Waals surface area contributed by atoms with Crippen LogP contribution in [0.25, 0.3) is 0 Å². The predicted octanol–water partition coefficient (Wildman–Crippen LogP) is 2.25. The maximum atomic E-state index is 6.00. The summed E-state index contributed by atoms with van der Waals surface area (Å²) in [6, 6.07) is 1.16. The van der Waals surface area contributed by atoms with Gasteiger partial charge in [0, 0.05) is 32.3 Å². The third kappa shape index (κ3) is 4.94. The summed E-state index contributed by atoms with van der Waals surface area (Å²) >= 11 is 0. The van der Waals surface area contributed by atoms with Crippen molar-refractivity contribution in [1.29, 1.82) is 0 Å². The highest BCUT2D eigenvalue weighted by atomic mass is 16.5. The van der Waals surface area contributed by atoms with Crippen LogP contribution in [0.4, 0.5) is 0 Å². The van der Waals surface area contributed by atoms with E-state index in [4.69, 9.17) is 10.5 Å². The van der Waals surface area contributed by atoms with Gasteiger partial charge in [-0.05, 0) is 38.0 Å². The van der Waals surface area contributed by atoms with Gasteiger partial charge in [-0.15, -0.1) is 0 Å². The van der Waals surface area contributed by atoms with E-state index in [1.807, 2.05) is 0 Å². The number of nitrogens with two attached hydrogens (primary N) is 1. The summed E-state index contributed by atoms with van der Waals surface area (Å²) in [4.78, 5) is 2.62. The van der Waals surface area contributed by atoms with E-state index in [0.717, 1.165) is 19.1 Å². The first-order chi connectivity index (χ1) is 8.21. The van der Waals surface area contributed by atoms with Crippen molar-refractivity contribution in [1.82, 2.24) is 4.90 Å². The van der Waals surface area contributed by atoms with Crippen molar-refractivity contribution >= 4 is 0 Å². The molecule has 3 heteroatoms. The summed E-state index contributed by atoms with van der Waals surface area (Å²) < 4.78 is 5.23. The minimum atomic E-state index is 0.450. The van der Waals surface area contributed by atoms with Crippen LogP contribution in [0, 0.1) is 5.92 Å². The lowest BCUT2D eigenvalue weighted by molar-refractivity contribution is 0.102. The van der Waals surface area contributed by atoms with E-state index in [0.29, 0.717) is 12.1 Å². The van der Waals surface area contributed by atoms with E-state index in [1.165, 1.54) is 38.6 Å². The highest BCUT2D eigenvalue weighted by molar-refractivity contribution is 4.82. The van der Waals surface area contributed by atoms with Crippen molar-refractivity contribution in [2.24, 2.45) is 11.7 Å². The largest absolute Gasteiger partial charge is 0.383 e. The van der Waals surface area contributed by atoms with Crippen LogP contribution >= 0.6 is 0 Å². The first-order valence-corrected chi connectivity index (χ1v) is 7.19. The summed E-state index contributed by atoms with van der Waals surface area (Å²) in [6.07, 6.45) is 6.21. The quantitative estimate of drug-likeness (QED) is 0.709. The Bertz CT molecular complexity index is 195. The lowest BCUT2D eigenvalue weighted by Gasteiger charge is -2.32. The van der Waals surface area contributed by atoms with Crippen LogP contribution < -0.4 is 5.73 Å². The zero-order valence-electron chi connectivity index (χ0n) is 11.8. The molecule has 1 aliphatic rings. The Balaban J connectivity index is 2.44. The van der Waals surface area contributed by atoms with Crippen LogP contribution in [-0.4, -0.2) is 43.8 Å². The van der Waals surface area contributed by atoms with Crippen LogP contribution in [0.5, 0.6) is 0 Å². The summed E-state index contributed by atoms with van der Waals surface area (Å²) in [5.74, 6) is 0.808. The van der Waals surface area contributed by atoms with Crippen LogP contribution in [0.15, 0.2) is 0 Å². The Labute approximate surface area is 107 Å². The van der Waals surface area contributed by atoms with E-state index in [1.54, 1.807) is 7.11 Å². The zero-order chi connectivity index (χ0) is 12.7. The average Bonchev–Trinajstić information content (AvgIpc) is 2.73. The summed E-state index contributed by atoms with van der Waals surface area (Å²) in [6.45, 7) is 7.69. The molecule has 1 rings (SSSR count). The minimum Gasteiger partial charge on any atom is -0.383 e. The van der Waals surface area contributed by atoms with Gasteiger partial charge in [0.15, 0.2) is 0 Å². The van der Waals surface area contributed by atoms with Gasteiger partial charge in [-0.2, -0.15) is 0 Å². The zero-order valence-corrected chi connectivity index (χ0v) is 11.8. The molecular formula is C14H30N2O. The molecule has 102 valence electrons. The van der Waals surface area contributed by atoms with Crippen molar-refractivity contribution in [3.8, 4) is 0 Å². The van der Waals surface area contributed by atoms with Crippen molar-refractivity contribution in [2.45, 2.75) is 58.0 Å². The predicted molar refractivity (Wildman–Crippen MR) is 73.1 cm³/mol. The van der Waals surface area contributed by atoms with E-state index in [-0.39, 0.29) is 0 Å². The van der Waals surface area contributed by atoms with E-state index in [2.05, 4.69) is 18.7 Å². The molecule has 0 bridgehead atoms. The van der Waals surface area contributed by atoms with Crippen LogP contribution in [-0.2, 0) is 4.74 Å². The van der Waals surface area contributed by atoms with Crippen molar-refractivity contribution < 1.29 is 4.74 Å². The number of hydrogen-bond acceptors (Lipinski definition) is 3. The molecule has 0 aromatic rings. The molecule has 0 amide bonds. The van der Waals surface area contributed by atoms with Crippen LogP contribution in [0.3, 0.4) is 0 Å². The number of rotatable bonds is 8. The summed E-state index contributed by atoms with van der Waals surface area (Å²) in [5, 5.41) is 0. The molecule has 0 spiro atoms. The van der Waals surface area contributed by atoms with E-state index in [9.17, 15) is 0 Å². The molecule has 0 saturated heterocycles. The van der Waals surface area contributed by atoms with Gasteiger partial charge >= 0.3 is 0 Å². The lowest BCUT2D eigenvalue weighted by Crippen LogP contribution is -2.40. The van der Waals surface area contributed by atoms with Crippen LogP contribution in [0.1, 0.15) is 46.0 Å². The molecule has 17 heavy (non-hydrogen) atoms. The Hall–Kier alpha value is -0.120. The maximum absolute atomic E-state index is 6.00. The molecule has 2 N–H and O–H groups in total. The van der Waals surface area contributed by atoms with E-state index >= 15 is 0 Å². The van der Waals surface area contributed by atoms with Gasteiger partial charge < -0.3 is 10.5 Å². The highest BCUT2D eigenvalue weighted by Gasteiger charge is 2.25. The molecule has 0 aromatic carbocycles. The smallest absolute Gasteiger partial charge is 0.0589 e. The number of hydrogen-bond donors (Lipinski definition) is 1. The third-order valence-electron chi connectivity index (χ3n) is 4.12. The maximum Gasteiger partial charge on any atom is 0.0589 e. The van der Waals surface area contributed by atoms with Crippen LogP contribution in [0.2, 0.25) is 0 Å². The standard InChI is InChI=1S/C14H30N2O/c1-4-14(5-2)16(8-9-17-3)11-12-6-7-13(15)10-12/h12-14H,4-11,15H2,1-3H3. The molecule has 1 saturated carbocycles. The summed E-state index contributed by atoms with van der Waals surface area (Å²) in [5.41, 5.74) is 6.00. The number of ether oxygens (including phenoxy) is 1. The van der Waals surface area contributed by atoms with Gasteiger partial charge in [0.2, 0.25) is 0 Å². The number of nitrogens with zero attached hydrogens (tertiary/aromatic N) is 1. The topological polar surface area (TPSA) is 38.5 Å². The van der Waals surface area contributed by atoms with Crippen molar-refractivity contribution in [3.63, 3.8) is 0 Å². The lowest BCUT2D eigenvalue weighted by atomic mass is 10.0. The van der Waals surface area contributed by atoms with Gasteiger partial charge in [0.05, 0.1) is 6.61 Å². The fourth-order valence-corrected chi connectivity index (χ4v) is 3.05. The molecule has 0 aliphatic heterocycles. The van der Waals surface area contributed by atoms with Gasteiger partial charge in [-0.1, -0.05) is 13.8 Å². The van der Waals surface area contributed by atoms with Crippen molar-refractivity contribution in [2.75, 3.05) is 26.8 Å². The second-order valence-electron chi connectivity index (χ2n) is 5.40. The molecule has 3 nitrogen and oxygen atoms in total. The minimum absolute atomic E-state index is 0.450. The van der Waals surface area contributed by atoms with Gasteiger partial charge in [-0.3, -0.25) is 4.90 Å². The van der Waals surface area contributed by atoms with Gasteiger partial charge in [-0.25, -0.2) is 0 Å². The Morgan fingerprint density at radius 2 is 2.00 bits per heavy atom. The van der Waals surface area contributed by atoms with Crippen molar-refractivity contribution in [3.05, 3.63) is 0 Å². The summed E-state index contributed by atoms with van der Waals surface area (Å²) in [7, 11) is 1.79. The number of methoxy groups -OCH3 is 1. The molecule has 0 aromatic heterocycles. The molecule has 1 fully saturated rings. The first kappa shape index (κ1) is 14.9. The monoisotopic (exact) mass is 242 g/mol. The second kappa shape index (κ2) is 8.06. The Kier molecular flexibility index (Phi) is 7.09. The normalized spacial score (nSPS) is 25.1. The van der Waals surface area contributed by atoms with E-state index < -0.39 is 0 Å². The van der Waals surface area contributed by atoms with Gasteiger partial charge in [0.25, 0.3) is 0 Å². The fourth-order valence-electron chi connectivity index (χ4n) is 3.05. The Morgan fingerprint density at radius 1 is 1.29 bits per heavy atom. The first-order valence-electron chi connectivity index (χ1n) is 7.19. The molecule has 0 radical (unpaired) electrons. The molecular weight excluding hydrogens is 212 g/mol. The Morgan fingerprint density at radius 3 is 2.47 bits per heavy atom.